The van der Waals surface area contributed by atoms with E-state index in [0.717, 1.165) is 11.5 Å². The number of fused-ring (bicyclic) bond motifs is 2. The van der Waals surface area contributed by atoms with Gasteiger partial charge in [0.25, 0.3) is 0 Å². The van der Waals surface area contributed by atoms with Gasteiger partial charge >= 0.3 is 179 Å². The zero-order valence-corrected chi connectivity index (χ0v) is 19.5. The molecule has 2 aromatic carbocycles. The van der Waals surface area contributed by atoms with Gasteiger partial charge < -0.3 is 24.8 Å². The minimum absolute atomic E-state index is 0. The molecule has 152 valence electrons. The maximum absolute atomic E-state index is 5.83. The Morgan fingerprint density at radius 1 is 0.548 bits per heavy atom. The van der Waals surface area contributed by atoms with Crippen LogP contribution in [0, 0.1) is 0 Å². The van der Waals surface area contributed by atoms with Crippen LogP contribution in [-0.2, 0) is 19.2 Å². The van der Waals surface area contributed by atoms with Crippen LogP contribution in [0.15, 0.2) is 94.2 Å². The predicted molar refractivity (Wildman–Crippen MR) is 112 cm³/mol. The zero-order chi connectivity index (χ0) is 19.2. The number of hydrogen-bond donors (Lipinski definition) is 0. The summed E-state index contributed by atoms with van der Waals surface area (Å²) >= 11 is -0.486. The molecule has 0 saturated heterocycles. The molecule has 4 aromatic rings. The van der Waals surface area contributed by atoms with Gasteiger partial charge in [0.15, 0.2) is 0 Å². The first kappa shape index (κ1) is 22.0. The molecular formula is C26H18Cl2O2Ti. The van der Waals surface area contributed by atoms with E-state index in [0.29, 0.717) is 8.45 Å². The van der Waals surface area contributed by atoms with Gasteiger partial charge in [0.2, 0.25) is 0 Å². The van der Waals surface area contributed by atoms with Crippen LogP contribution in [0.5, 0.6) is 0 Å². The summed E-state index contributed by atoms with van der Waals surface area (Å²) in [7, 11) is 0. The molecule has 6 rings (SSSR count). The van der Waals surface area contributed by atoms with Crippen molar-refractivity contribution in [3.05, 3.63) is 119 Å². The Bertz CT molecular complexity index is 1140. The normalized spacial score (nSPS) is 18.1. The first-order chi connectivity index (χ1) is 14.4. The zero-order valence-electron chi connectivity index (χ0n) is 16.5. The van der Waals surface area contributed by atoms with Crippen molar-refractivity contribution in [2.24, 2.45) is 0 Å². The van der Waals surface area contributed by atoms with Gasteiger partial charge in [0, 0.05) is 0 Å². The average Bonchev–Trinajstić information content (AvgIpc) is 3.55. The summed E-state index contributed by atoms with van der Waals surface area (Å²) in [5.74, 6) is 1.98. The molecule has 0 fully saturated rings. The van der Waals surface area contributed by atoms with Gasteiger partial charge in [-0.25, -0.2) is 0 Å². The van der Waals surface area contributed by atoms with Crippen molar-refractivity contribution in [1.29, 1.82) is 0 Å². The third-order valence-electron chi connectivity index (χ3n) is 5.80. The summed E-state index contributed by atoms with van der Waals surface area (Å²) in [6.45, 7) is 0. The fourth-order valence-corrected chi connectivity index (χ4v) is 7.65. The Kier molecular flexibility index (Phi) is 6.45. The Hall–Kier alpha value is -2.23. The van der Waals surface area contributed by atoms with Gasteiger partial charge in [-0.15, -0.1) is 0 Å². The van der Waals surface area contributed by atoms with Crippen molar-refractivity contribution in [2.45, 2.75) is 8.45 Å². The molecule has 0 spiro atoms. The molecule has 0 N–H and O–H groups in total. The quantitative estimate of drug-likeness (QED) is 0.405. The first-order valence-corrected chi connectivity index (χ1v) is 11.6. The molecule has 2 atom stereocenters. The smallest absolute Gasteiger partial charge is 1.00 e. The second-order valence-electron chi connectivity index (χ2n) is 7.44. The molecule has 0 bridgehead atoms. The molecule has 31 heavy (non-hydrogen) atoms. The average molecular weight is 481 g/mol. The fourth-order valence-electron chi connectivity index (χ4n) is 4.49. The molecule has 2 unspecified atom stereocenters. The van der Waals surface area contributed by atoms with Crippen LogP contribution in [0.3, 0.4) is 0 Å². The van der Waals surface area contributed by atoms with E-state index in [2.05, 4.69) is 72.8 Å². The van der Waals surface area contributed by atoms with Crippen LogP contribution in [0.25, 0.3) is 23.3 Å². The maximum Gasteiger partial charge on any atom is -1.00 e. The third-order valence-corrected chi connectivity index (χ3v) is 8.79. The van der Waals surface area contributed by atoms with Crippen molar-refractivity contribution >= 4 is 23.3 Å². The summed E-state index contributed by atoms with van der Waals surface area (Å²) in [6.07, 6.45) is 8.18. The molecule has 2 aromatic heterocycles. The number of halogens is 2. The number of allylic oxidation sites excluding steroid dienone is 2. The van der Waals surface area contributed by atoms with Crippen LogP contribution in [0.2, 0.25) is 0 Å². The standard InChI is InChI=1S/2C13H9O.2ClH.Ti/c2*1-2-5-11-9-12(8-10(11)4-1)13-6-3-7-14-13;;;/h2*1-9H;2*1H;/q;;;;+2/p-2. The van der Waals surface area contributed by atoms with Crippen molar-refractivity contribution in [3.8, 4) is 0 Å². The van der Waals surface area contributed by atoms with Crippen molar-refractivity contribution in [2.75, 3.05) is 0 Å². The summed E-state index contributed by atoms with van der Waals surface area (Å²) in [5, 5.41) is 0. The topological polar surface area (TPSA) is 26.3 Å². The number of benzene rings is 2. The van der Waals surface area contributed by atoms with Gasteiger partial charge in [-0.3, -0.25) is 0 Å². The molecule has 5 heteroatoms. The van der Waals surface area contributed by atoms with Crippen LogP contribution in [-0.4, -0.2) is 0 Å². The van der Waals surface area contributed by atoms with E-state index in [4.69, 9.17) is 8.83 Å². The number of rotatable bonds is 4. The van der Waals surface area contributed by atoms with Crippen molar-refractivity contribution < 1.29 is 52.8 Å². The third kappa shape index (κ3) is 3.79. The summed E-state index contributed by atoms with van der Waals surface area (Å²) in [6, 6.07) is 25.7. The number of hydrogen-bond acceptors (Lipinski definition) is 2. The Morgan fingerprint density at radius 3 is 1.42 bits per heavy atom. The van der Waals surface area contributed by atoms with Crippen LogP contribution in [0.1, 0.15) is 42.2 Å². The van der Waals surface area contributed by atoms with Gasteiger partial charge in [-0.05, 0) is 0 Å². The van der Waals surface area contributed by atoms with Crippen LogP contribution >= 0.6 is 0 Å². The molecule has 2 aliphatic carbocycles. The SMILES string of the molecule is C1=C(c2ccco2)[CH]([Ti+2][CH]2C(c3ccco3)=Cc3ccccc32)c2ccccc21.[Cl-].[Cl-]. The minimum atomic E-state index is -0.486. The molecule has 0 radical (unpaired) electrons. The molecule has 0 aliphatic heterocycles. The van der Waals surface area contributed by atoms with E-state index >= 15 is 0 Å². The molecule has 2 aliphatic rings. The largest absolute Gasteiger partial charge is 1.00 e. The second-order valence-corrected chi connectivity index (χ2v) is 9.77. The summed E-state index contributed by atoms with van der Waals surface area (Å²) in [4.78, 5) is 0. The van der Waals surface area contributed by atoms with Gasteiger partial charge in [-0.2, -0.15) is 0 Å². The van der Waals surface area contributed by atoms with Gasteiger partial charge in [0.1, 0.15) is 0 Å². The summed E-state index contributed by atoms with van der Waals surface area (Å²) < 4.78 is 12.5. The monoisotopic (exact) mass is 480 g/mol. The first-order valence-electron chi connectivity index (χ1n) is 9.83. The van der Waals surface area contributed by atoms with E-state index in [1.807, 2.05) is 12.1 Å². The van der Waals surface area contributed by atoms with Crippen molar-refractivity contribution in [3.63, 3.8) is 0 Å². The Balaban J connectivity index is 0.00000116. The predicted octanol–water partition coefficient (Wildman–Crippen LogP) is 0.854. The minimum Gasteiger partial charge on any atom is -1.00 e. The molecule has 2 nitrogen and oxygen atoms in total. The molecule has 0 amide bonds. The fraction of sp³-hybridized carbons (Fsp3) is 0.0769. The van der Waals surface area contributed by atoms with Gasteiger partial charge in [0.05, 0.1) is 0 Å². The van der Waals surface area contributed by atoms with E-state index in [1.165, 1.54) is 33.4 Å². The van der Waals surface area contributed by atoms with Gasteiger partial charge in [-0.1, -0.05) is 0 Å². The Labute approximate surface area is 202 Å². The van der Waals surface area contributed by atoms with E-state index in [1.54, 1.807) is 12.5 Å². The molecule has 2 heterocycles. The van der Waals surface area contributed by atoms with E-state index in [9.17, 15) is 0 Å². The maximum atomic E-state index is 5.83. The second kappa shape index (κ2) is 9.10. The van der Waals surface area contributed by atoms with E-state index in [-0.39, 0.29) is 24.8 Å². The molecule has 0 saturated carbocycles. The Morgan fingerprint density at radius 2 is 1.00 bits per heavy atom. The van der Waals surface area contributed by atoms with Crippen LogP contribution in [0.4, 0.5) is 0 Å². The molecular weight excluding hydrogens is 463 g/mol. The van der Waals surface area contributed by atoms with Crippen LogP contribution < -0.4 is 24.8 Å². The summed E-state index contributed by atoms with van der Waals surface area (Å²) in [5.41, 5.74) is 8.15. The van der Waals surface area contributed by atoms with Crippen molar-refractivity contribution in [1.82, 2.24) is 0 Å². The van der Waals surface area contributed by atoms with E-state index < -0.39 is 19.2 Å². The number of furan rings is 2.